The van der Waals surface area contributed by atoms with Crippen LogP contribution in [-0.2, 0) is 6.42 Å². The lowest BCUT2D eigenvalue weighted by Crippen LogP contribution is -2.13. The van der Waals surface area contributed by atoms with Crippen molar-refractivity contribution in [3.8, 4) is 0 Å². The highest BCUT2D eigenvalue weighted by Gasteiger charge is 2.11. The fourth-order valence-corrected chi connectivity index (χ4v) is 2.50. The van der Waals surface area contributed by atoms with Gasteiger partial charge in [0.2, 0.25) is 0 Å². The number of hydrogen-bond acceptors (Lipinski definition) is 4. The second-order valence-electron chi connectivity index (χ2n) is 4.05. The molecule has 17 heavy (non-hydrogen) atoms. The third-order valence-corrected chi connectivity index (χ3v) is 3.81. The predicted molar refractivity (Wildman–Crippen MR) is 72.3 cm³/mol. The predicted octanol–water partition coefficient (Wildman–Crippen LogP) is 2.47. The number of rotatable bonds is 7. The molecule has 1 aromatic rings. The zero-order valence-corrected chi connectivity index (χ0v) is 10.8. The minimum atomic E-state index is -0.317. The van der Waals surface area contributed by atoms with Crippen molar-refractivity contribution in [2.75, 3.05) is 18.1 Å². The van der Waals surface area contributed by atoms with Crippen molar-refractivity contribution in [3.05, 3.63) is 39.9 Å². The molecule has 1 aromatic carbocycles. The van der Waals surface area contributed by atoms with Gasteiger partial charge in [-0.1, -0.05) is 25.1 Å². The van der Waals surface area contributed by atoms with E-state index in [0.717, 1.165) is 23.5 Å². The van der Waals surface area contributed by atoms with E-state index in [1.54, 1.807) is 23.9 Å². The molecule has 0 heterocycles. The lowest BCUT2D eigenvalue weighted by molar-refractivity contribution is -0.385. The van der Waals surface area contributed by atoms with Crippen molar-refractivity contribution in [1.82, 2.24) is 0 Å². The van der Waals surface area contributed by atoms with Crippen LogP contribution in [0.4, 0.5) is 5.69 Å². The van der Waals surface area contributed by atoms with Crippen LogP contribution in [0.1, 0.15) is 12.5 Å². The standard InChI is InChI=1S/C12H18N2O2S/c1-10(8-13)9-17-7-6-11-4-2-3-5-12(11)14(15)16/h2-5,10H,6-9,13H2,1H3. The van der Waals surface area contributed by atoms with E-state index in [1.165, 1.54) is 0 Å². The monoisotopic (exact) mass is 254 g/mol. The Morgan fingerprint density at radius 3 is 2.82 bits per heavy atom. The lowest BCUT2D eigenvalue weighted by Gasteiger charge is -2.07. The molecule has 0 amide bonds. The van der Waals surface area contributed by atoms with Crippen LogP contribution in [0.2, 0.25) is 0 Å². The van der Waals surface area contributed by atoms with E-state index in [1.807, 2.05) is 12.1 Å². The number of benzene rings is 1. The van der Waals surface area contributed by atoms with Gasteiger partial charge in [-0.15, -0.1) is 0 Å². The van der Waals surface area contributed by atoms with Gasteiger partial charge in [0.25, 0.3) is 5.69 Å². The Labute approximate surface area is 106 Å². The number of nitrogens with zero attached hydrogens (tertiary/aromatic N) is 1. The van der Waals surface area contributed by atoms with Crippen LogP contribution in [0.25, 0.3) is 0 Å². The minimum Gasteiger partial charge on any atom is -0.330 e. The molecule has 0 fully saturated rings. The molecular formula is C12H18N2O2S. The molecule has 1 rings (SSSR count). The van der Waals surface area contributed by atoms with E-state index in [4.69, 9.17) is 5.73 Å². The maximum absolute atomic E-state index is 10.8. The molecule has 0 aliphatic heterocycles. The van der Waals surface area contributed by atoms with E-state index in [-0.39, 0.29) is 10.6 Å². The molecule has 1 atom stereocenters. The molecule has 0 spiro atoms. The number of aryl methyl sites for hydroxylation is 1. The van der Waals surface area contributed by atoms with Gasteiger partial charge in [-0.3, -0.25) is 10.1 Å². The topological polar surface area (TPSA) is 69.2 Å². The molecule has 0 aliphatic rings. The van der Waals surface area contributed by atoms with Gasteiger partial charge in [0, 0.05) is 11.6 Å². The fourth-order valence-electron chi connectivity index (χ4n) is 1.44. The van der Waals surface area contributed by atoms with Crippen molar-refractivity contribution in [2.24, 2.45) is 11.7 Å². The molecule has 1 unspecified atom stereocenters. The minimum absolute atomic E-state index is 0.222. The summed E-state index contributed by atoms with van der Waals surface area (Å²) in [4.78, 5) is 10.5. The number of hydrogen-bond donors (Lipinski definition) is 1. The molecule has 0 aromatic heterocycles. The SMILES string of the molecule is CC(CN)CSCCc1ccccc1[N+](=O)[O-]. The first-order valence-corrected chi connectivity index (χ1v) is 6.80. The highest BCUT2D eigenvalue weighted by atomic mass is 32.2. The van der Waals surface area contributed by atoms with Crippen molar-refractivity contribution in [3.63, 3.8) is 0 Å². The Morgan fingerprint density at radius 2 is 2.18 bits per heavy atom. The third kappa shape index (κ3) is 4.75. The summed E-state index contributed by atoms with van der Waals surface area (Å²) in [6.45, 7) is 2.80. The average Bonchev–Trinajstić information content (AvgIpc) is 2.34. The van der Waals surface area contributed by atoms with Gasteiger partial charge in [-0.25, -0.2) is 0 Å². The second-order valence-corrected chi connectivity index (χ2v) is 5.20. The molecule has 2 N–H and O–H groups in total. The number of thioether (sulfide) groups is 1. The van der Waals surface area contributed by atoms with Gasteiger partial charge in [-0.2, -0.15) is 11.8 Å². The van der Waals surface area contributed by atoms with Gasteiger partial charge < -0.3 is 5.73 Å². The summed E-state index contributed by atoms with van der Waals surface area (Å²) in [5.74, 6) is 2.41. The first-order chi connectivity index (χ1) is 8.15. The number of para-hydroxylation sites is 1. The maximum Gasteiger partial charge on any atom is 0.272 e. The quantitative estimate of drug-likeness (QED) is 0.461. The Hall–Kier alpha value is -1.07. The van der Waals surface area contributed by atoms with E-state index >= 15 is 0 Å². The first kappa shape index (κ1) is 14.0. The lowest BCUT2D eigenvalue weighted by atomic mass is 10.1. The van der Waals surface area contributed by atoms with E-state index in [2.05, 4.69) is 6.92 Å². The Kier molecular flexibility index (Phi) is 6.00. The van der Waals surface area contributed by atoms with Gasteiger partial charge in [0.05, 0.1) is 4.92 Å². The van der Waals surface area contributed by atoms with Crippen molar-refractivity contribution < 1.29 is 4.92 Å². The molecule has 4 nitrogen and oxygen atoms in total. The fraction of sp³-hybridized carbons (Fsp3) is 0.500. The summed E-state index contributed by atoms with van der Waals surface area (Å²) in [6.07, 6.45) is 0.735. The van der Waals surface area contributed by atoms with Crippen LogP contribution in [-0.4, -0.2) is 23.0 Å². The highest BCUT2D eigenvalue weighted by molar-refractivity contribution is 7.99. The summed E-state index contributed by atoms with van der Waals surface area (Å²) in [6, 6.07) is 6.92. The Bertz CT molecular complexity index is 371. The summed E-state index contributed by atoms with van der Waals surface area (Å²) in [5.41, 5.74) is 6.56. The Morgan fingerprint density at radius 1 is 1.47 bits per heavy atom. The highest BCUT2D eigenvalue weighted by Crippen LogP contribution is 2.20. The molecule has 94 valence electrons. The third-order valence-electron chi connectivity index (χ3n) is 2.51. The Balaban J connectivity index is 2.44. The zero-order chi connectivity index (χ0) is 12.7. The smallest absolute Gasteiger partial charge is 0.272 e. The van der Waals surface area contributed by atoms with Gasteiger partial charge >= 0.3 is 0 Å². The van der Waals surface area contributed by atoms with E-state index in [9.17, 15) is 10.1 Å². The second kappa shape index (κ2) is 7.29. The normalized spacial score (nSPS) is 12.4. The molecule has 0 saturated heterocycles. The molecular weight excluding hydrogens is 236 g/mol. The van der Waals surface area contributed by atoms with Crippen molar-refractivity contribution in [1.29, 1.82) is 0 Å². The molecule has 0 radical (unpaired) electrons. The number of nitro groups is 1. The summed E-state index contributed by atoms with van der Waals surface area (Å²) in [5, 5.41) is 10.8. The summed E-state index contributed by atoms with van der Waals surface area (Å²) in [7, 11) is 0. The first-order valence-electron chi connectivity index (χ1n) is 5.65. The number of nitro benzene ring substituents is 1. The van der Waals surface area contributed by atoms with Gasteiger partial charge in [0.15, 0.2) is 0 Å². The molecule has 0 aliphatic carbocycles. The van der Waals surface area contributed by atoms with E-state index < -0.39 is 0 Å². The van der Waals surface area contributed by atoms with E-state index in [0.29, 0.717) is 12.5 Å². The molecule has 0 saturated carbocycles. The van der Waals surface area contributed by atoms with Crippen LogP contribution in [0.5, 0.6) is 0 Å². The maximum atomic E-state index is 10.8. The molecule has 5 heteroatoms. The summed E-state index contributed by atoms with van der Waals surface area (Å²) >= 11 is 1.80. The van der Waals surface area contributed by atoms with Crippen LogP contribution in [0, 0.1) is 16.0 Å². The van der Waals surface area contributed by atoms with Gasteiger partial charge in [0.1, 0.15) is 0 Å². The van der Waals surface area contributed by atoms with Crippen LogP contribution in [0.15, 0.2) is 24.3 Å². The van der Waals surface area contributed by atoms with Crippen molar-refractivity contribution >= 4 is 17.4 Å². The van der Waals surface area contributed by atoms with Crippen LogP contribution in [0.3, 0.4) is 0 Å². The zero-order valence-electron chi connectivity index (χ0n) is 9.96. The largest absolute Gasteiger partial charge is 0.330 e. The van der Waals surface area contributed by atoms with Crippen LogP contribution >= 0.6 is 11.8 Å². The number of nitrogens with two attached hydrogens (primary N) is 1. The van der Waals surface area contributed by atoms with Crippen LogP contribution < -0.4 is 5.73 Å². The average molecular weight is 254 g/mol. The molecule has 0 bridgehead atoms. The van der Waals surface area contributed by atoms with Gasteiger partial charge in [-0.05, 0) is 30.4 Å². The summed E-state index contributed by atoms with van der Waals surface area (Å²) < 4.78 is 0. The van der Waals surface area contributed by atoms with Crippen molar-refractivity contribution in [2.45, 2.75) is 13.3 Å².